The topological polar surface area (TPSA) is 66.8 Å². The Labute approximate surface area is 153 Å². The van der Waals surface area contributed by atoms with Crippen LogP contribution in [-0.2, 0) is 4.79 Å². The third kappa shape index (κ3) is 2.94. The Morgan fingerprint density at radius 3 is 2.42 bits per heavy atom. The molecule has 1 heterocycles. The SMILES string of the molecule is CC[C@H](C)N1C(=O)c2ccccc2[C@H](C(=O)O)[C@H]1c1ccc(OC)cc1. The van der Waals surface area contributed by atoms with Crippen LogP contribution >= 0.6 is 0 Å². The number of carbonyl (C=O) groups excluding carboxylic acids is 1. The molecule has 3 atom stereocenters. The van der Waals surface area contributed by atoms with Gasteiger partial charge in [0.15, 0.2) is 0 Å². The van der Waals surface area contributed by atoms with Gasteiger partial charge < -0.3 is 14.7 Å². The number of aliphatic carboxylic acids is 1. The molecule has 0 aromatic heterocycles. The lowest BCUT2D eigenvalue weighted by molar-refractivity contribution is -0.140. The fourth-order valence-corrected chi connectivity index (χ4v) is 3.65. The van der Waals surface area contributed by atoms with Crippen molar-refractivity contribution >= 4 is 11.9 Å². The molecular weight excluding hydrogens is 330 g/mol. The molecule has 136 valence electrons. The molecule has 2 aromatic rings. The van der Waals surface area contributed by atoms with Crippen molar-refractivity contribution in [1.82, 2.24) is 4.90 Å². The first-order valence-corrected chi connectivity index (χ1v) is 8.78. The standard InChI is InChI=1S/C21H23NO4/c1-4-13(2)22-19(14-9-11-15(26-3)12-10-14)18(21(24)25)16-7-5-6-8-17(16)20(22)23/h5-13,18-19H,4H2,1-3H3,(H,24,25)/t13-,18-,19+/m0/s1. The van der Waals surface area contributed by atoms with Gasteiger partial charge >= 0.3 is 5.97 Å². The highest BCUT2D eigenvalue weighted by Gasteiger charge is 2.45. The number of ether oxygens (including phenoxy) is 1. The second-order valence-electron chi connectivity index (χ2n) is 6.59. The van der Waals surface area contributed by atoms with Crippen LogP contribution in [-0.4, -0.2) is 35.0 Å². The summed E-state index contributed by atoms with van der Waals surface area (Å²) in [6.45, 7) is 3.96. The molecule has 0 bridgehead atoms. The molecule has 5 nitrogen and oxygen atoms in total. The number of carboxylic acids is 1. The second kappa shape index (κ2) is 7.20. The Bertz CT molecular complexity index is 815. The van der Waals surface area contributed by atoms with Crippen molar-refractivity contribution in [2.75, 3.05) is 7.11 Å². The largest absolute Gasteiger partial charge is 0.497 e. The summed E-state index contributed by atoms with van der Waals surface area (Å²) in [4.78, 5) is 27.1. The molecule has 5 heteroatoms. The highest BCUT2D eigenvalue weighted by atomic mass is 16.5. The molecule has 3 rings (SSSR count). The maximum Gasteiger partial charge on any atom is 0.313 e. The second-order valence-corrected chi connectivity index (χ2v) is 6.59. The Morgan fingerprint density at radius 1 is 1.19 bits per heavy atom. The zero-order chi connectivity index (χ0) is 18.8. The molecule has 26 heavy (non-hydrogen) atoms. The van der Waals surface area contributed by atoms with Crippen molar-refractivity contribution in [3.05, 3.63) is 65.2 Å². The minimum atomic E-state index is -0.931. The van der Waals surface area contributed by atoms with E-state index >= 15 is 0 Å². The van der Waals surface area contributed by atoms with Crippen molar-refractivity contribution in [1.29, 1.82) is 0 Å². The molecule has 0 radical (unpaired) electrons. The summed E-state index contributed by atoms with van der Waals surface area (Å²) >= 11 is 0. The van der Waals surface area contributed by atoms with Gasteiger partial charge in [-0.15, -0.1) is 0 Å². The number of benzene rings is 2. The lowest BCUT2D eigenvalue weighted by atomic mass is 9.79. The molecule has 0 unspecified atom stereocenters. The van der Waals surface area contributed by atoms with Gasteiger partial charge in [0.05, 0.1) is 13.2 Å². The Hall–Kier alpha value is -2.82. The number of nitrogens with zero attached hydrogens (tertiary/aromatic N) is 1. The first kappa shape index (κ1) is 18.0. The summed E-state index contributed by atoms with van der Waals surface area (Å²) in [6, 6.07) is 13.7. The summed E-state index contributed by atoms with van der Waals surface area (Å²) in [5.41, 5.74) is 1.84. The predicted molar refractivity (Wildman–Crippen MR) is 98.5 cm³/mol. The highest BCUT2D eigenvalue weighted by Crippen LogP contribution is 2.44. The average molecular weight is 353 g/mol. The van der Waals surface area contributed by atoms with E-state index in [0.29, 0.717) is 16.9 Å². The van der Waals surface area contributed by atoms with E-state index in [1.54, 1.807) is 48.4 Å². The molecule has 0 spiro atoms. The van der Waals surface area contributed by atoms with Crippen LogP contribution in [0.3, 0.4) is 0 Å². The Kier molecular flexibility index (Phi) is 4.98. The number of carbonyl (C=O) groups is 2. The molecular formula is C21H23NO4. The molecule has 0 saturated heterocycles. The summed E-state index contributed by atoms with van der Waals surface area (Å²) < 4.78 is 5.21. The van der Waals surface area contributed by atoms with Gasteiger partial charge in [0.25, 0.3) is 5.91 Å². The van der Waals surface area contributed by atoms with Crippen molar-refractivity contribution in [2.45, 2.75) is 38.3 Å². The van der Waals surface area contributed by atoms with E-state index in [1.165, 1.54) is 0 Å². The zero-order valence-corrected chi connectivity index (χ0v) is 15.2. The van der Waals surface area contributed by atoms with Gasteiger partial charge in [0.1, 0.15) is 11.7 Å². The molecule has 1 aliphatic heterocycles. The van der Waals surface area contributed by atoms with Crippen molar-refractivity contribution in [3.8, 4) is 5.75 Å². The molecule has 0 saturated carbocycles. The molecule has 2 aromatic carbocycles. The van der Waals surface area contributed by atoms with Crippen LogP contribution in [0.4, 0.5) is 0 Å². The van der Waals surface area contributed by atoms with E-state index in [-0.39, 0.29) is 11.9 Å². The number of amides is 1. The van der Waals surface area contributed by atoms with Gasteiger partial charge in [-0.2, -0.15) is 0 Å². The fraction of sp³-hybridized carbons (Fsp3) is 0.333. The zero-order valence-electron chi connectivity index (χ0n) is 15.2. The van der Waals surface area contributed by atoms with Gasteiger partial charge in [0, 0.05) is 11.6 Å². The Morgan fingerprint density at radius 2 is 1.85 bits per heavy atom. The predicted octanol–water partition coefficient (Wildman–Crippen LogP) is 3.86. The lowest BCUT2D eigenvalue weighted by Crippen LogP contribution is -2.48. The van der Waals surface area contributed by atoms with Gasteiger partial charge in [-0.3, -0.25) is 9.59 Å². The summed E-state index contributed by atoms with van der Waals surface area (Å²) in [6.07, 6.45) is 0.743. The van der Waals surface area contributed by atoms with E-state index < -0.39 is 17.9 Å². The normalized spacial score (nSPS) is 20.4. The Balaban J connectivity index is 2.21. The van der Waals surface area contributed by atoms with Gasteiger partial charge in [-0.25, -0.2) is 0 Å². The fourth-order valence-electron chi connectivity index (χ4n) is 3.65. The average Bonchev–Trinajstić information content (AvgIpc) is 2.67. The van der Waals surface area contributed by atoms with Gasteiger partial charge in [0.2, 0.25) is 0 Å². The number of hydrogen-bond acceptors (Lipinski definition) is 3. The summed E-state index contributed by atoms with van der Waals surface area (Å²) in [5, 5.41) is 10.0. The minimum Gasteiger partial charge on any atom is -0.497 e. The number of fused-ring (bicyclic) bond motifs is 1. The van der Waals surface area contributed by atoms with E-state index in [1.807, 2.05) is 26.0 Å². The first-order chi connectivity index (χ1) is 12.5. The minimum absolute atomic E-state index is 0.0789. The van der Waals surface area contributed by atoms with Crippen molar-refractivity contribution in [3.63, 3.8) is 0 Å². The number of carboxylic acid groups (broad SMARTS) is 1. The highest BCUT2D eigenvalue weighted by molar-refractivity contribution is 6.00. The van der Waals surface area contributed by atoms with Crippen LogP contribution in [0.1, 0.15) is 53.7 Å². The van der Waals surface area contributed by atoms with Crippen LogP contribution in [0, 0.1) is 0 Å². The summed E-state index contributed by atoms with van der Waals surface area (Å²) in [5.74, 6) is -1.17. The van der Waals surface area contributed by atoms with Crippen LogP contribution in [0.5, 0.6) is 5.75 Å². The maximum atomic E-state index is 13.2. The molecule has 0 aliphatic carbocycles. The van der Waals surface area contributed by atoms with Gasteiger partial charge in [-0.1, -0.05) is 37.3 Å². The molecule has 1 amide bonds. The molecule has 1 N–H and O–H groups in total. The third-order valence-electron chi connectivity index (χ3n) is 5.17. The van der Waals surface area contributed by atoms with Crippen LogP contribution in [0.15, 0.2) is 48.5 Å². The third-order valence-corrected chi connectivity index (χ3v) is 5.17. The molecule has 1 aliphatic rings. The monoisotopic (exact) mass is 353 g/mol. The number of methoxy groups -OCH3 is 1. The quantitative estimate of drug-likeness (QED) is 0.886. The van der Waals surface area contributed by atoms with Crippen molar-refractivity contribution < 1.29 is 19.4 Å². The number of rotatable bonds is 5. The summed E-state index contributed by atoms with van der Waals surface area (Å²) in [7, 11) is 1.58. The van der Waals surface area contributed by atoms with Gasteiger partial charge in [-0.05, 0) is 42.7 Å². The smallest absolute Gasteiger partial charge is 0.313 e. The van der Waals surface area contributed by atoms with Crippen LogP contribution in [0.2, 0.25) is 0 Å². The number of hydrogen-bond donors (Lipinski definition) is 1. The first-order valence-electron chi connectivity index (χ1n) is 8.78. The van der Waals surface area contributed by atoms with Crippen molar-refractivity contribution in [2.24, 2.45) is 0 Å². The van der Waals surface area contributed by atoms with E-state index in [2.05, 4.69) is 0 Å². The van der Waals surface area contributed by atoms with Crippen LogP contribution in [0.25, 0.3) is 0 Å². The lowest BCUT2D eigenvalue weighted by Gasteiger charge is -2.44. The van der Waals surface area contributed by atoms with Crippen LogP contribution < -0.4 is 4.74 Å². The van der Waals surface area contributed by atoms with E-state index in [4.69, 9.17) is 4.74 Å². The maximum absolute atomic E-state index is 13.2. The molecule has 0 fully saturated rings. The van der Waals surface area contributed by atoms with E-state index in [0.717, 1.165) is 12.0 Å². The van der Waals surface area contributed by atoms with E-state index in [9.17, 15) is 14.7 Å².